The molecule has 6 heteroatoms. The highest BCUT2D eigenvalue weighted by atomic mass is 16.5. The number of carbonyl (C=O) groups is 1. The van der Waals surface area contributed by atoms with Crippen LogP contribution in [0.1, 0.15) is 60.5 Å². The number of ether oxygens (including phenoxy) is 1. The lowest BCUT2D eigenvalue weighted by molar-refractivity contribution is 0.102. The number of amides is 1. The van der Waals surface area contributed by atoms with E-state index >= 15 is 0 Å². The number of fused-ring (bicyclic) bond motifs is 1. The van der Waals surface area contributed by atoms with Crippen molar-refractivity contribution in [3.8, 4) is 17.2 Å². The zero-order chi connectivity index (χ0) is 20.8. The average molecular weight is 405 g/mol. The highest BCUT2D eigenvalue weighted by Gasteiger charge is 2.15. The van der Waals surface area contributed by atoms with Gasteiger partial charge < -0.3 is 9.15 Å². The van der Waals surface area contributed by atoms with Crippen LogP contribution in [0.3, 0.4) is 0 Å². The Labute approximate surface area is 176 Å². The summed E-state index contributed by atoms with van der Waals surface area (Å²) in [7, 11) is 0. The van der Waals surface area contributed by atoms with Crippen molar-refractivity contribution in [2.75, 3.05) is 11.9 Å². The zero-order valence-electron chi connectivity index (χ0n) is 17.3. The predicted octanol–water partition coefficient (Wildman–Crippen LogP) is 5.44. The third-order valence-electron chi connectivity index (χ3n) is 5.37. The fraction of sp³-hybridized carbons (Fsp3) is 0.375. The van der Waals surface area contributed by atoms with Gasteiger partial charge in [0.1, 0.15) is 5.75 Å². The molecule has 0 unspecified atom stereocenters. The van der Waals surface area contributed by atoms with E-state index < -0.39 is 0 Å². The van der Waals surface area contributed by atoms with E-state index in [9.17, 15) is 4.79 Å². The molecule has 0 bridgehead atoms. The average Bonchev–Trinajstić information content (AvgIpc) is 3.25. The molecule has 6 nitrogen and oxygen atoms in total. The van der Waals surface area contributed by atoms with Crippen LogP contribution in [0.2, 0.25) is 0 Å². The number of hydrogen-bond acceptors (Lipinski definition) is 5. The number of aromatic nitrogens is 2. The van der Waals surface area contributed by atoms with Crippen molar-refractivity contribution >= 4 is 11.9 Å². The Hall–Kier alpha value is -3.15. The maximum absolute atomic E-state index is 12.5. The largest absolute Gasteiger partial charge is 0.494 e. The highest BCUT2D eigenvalue weighted by Crippen LogP contribution is 2.27. The van der Waals surface area contributed by atoms with Gasteiger partial charge in [-0.05, 0) is 79.6 Å². The summed E-state index contributed by atoms with van der Waals surface area (Å²) in [5, 5.41) is 10.7. The molecule has 0 aliphatic heterocycles. The minimum atomic E-state index is -0.298. The predicted molar refractivity (Wildman–Crippen MR) is 116 cm³/mol. The molecule has 3 aromatic rings. The number of hydrogen-bond donors (Lipinski definition) is 1. The maximum atomic E-state index is 12.5. The molecule has 0 saturated heterocycles. The minimum absolute atomic E-state index is 0.0904. The lowest BCUT2D eigenvalue weighted by atomic mass is 9.90. The summed E-state index contributed by atoms with van der Waals surface area (Å²) >= 11 is 0. The van der Waals surface area contributed by atoms with Gasteiger partial charge in [-0.25, -0.2) is 0 Å². The van der Waals surface area contributed by atoms with Crippen LogP contribution in [0.5, 0.6) is 5.75 Å². The number of anilines is 1. The highest BCUT2D eigenvalue weighted by molar-refractivity contribution is 6.03. The molecule has 0 atom stereocenters. The van der Waals surface area contributed by atoms with E-state index in [1.807, 2.05) is 6.07 Å². The van der Waals surface area contributed by atoms with Gasteiger partial charge in [-0.2, -0.15) is 0 Å². The van der Waals surface area contributed by atoms with Crippen molar-refractivity contribution in [3.63, 3.8) is 0 Å². The van der Waals surface area contributed by atoms with Crippen LogP contribution in [-0.2, 0) is 12.8 Å². The Morgan fingerprint density at radius 1 is 1.03 bits per heavy atom. The molecule has 1 amide bonds. The van der Waals surface area contributed by atoms with Gasteiger partial charge in [0.15, 0.2) is 0 Å². The molecule has 30 heavy (non-hydrogen) atoms. The summed E-state index contributed by atoms with van der Waals surface area (Å²) in [4.78, 5) is 12.5. The lowest BCUT2D eigenvalue weighted by Crippen LogP contribution is -2.12. The summed E-state index contributed by atoms with van der Waals surface area (Å²) in [5.74, 6) is 0.873. The molecule has 1 N–H and O–H groups in total. The van der Waals surface area contributed by atoms with Gasteiger partial charge in [0.25, 0.3) is 5.91 Å². The lowest BCUT2D eigenvalue weighted by Gasteiger charge is -2.15. The monoisotopic (exact) mass is 405 g/mol. The van der Waals surface area contributed by atoms with Gasteiger partial charge in [0.05, 0.1) is 6.61 Å². The van der Waals surface area contributed by atoms with Gasteiger partial charge in [-0.15, -0.1) is 5.10 Å². The summed E-state index contributed by atoms with van der Waals surface area (Å²) in [6.45, 7) is 2.85. The first kappa shape index (κ1) is 20.1. The summed E-state index contributed by atoms with van der Waals surface area (Å²) in [6, 6.07) is 13.4. The molecule has 156 valence electrons. The summed E-state index contributed by atoms with van der Waals surface area (Å²) in [6.07, 6.45) is 8.01. The number of unbranched alkanes of at least 4 members (excludes halogenated alkanes) is 2. The van der Waals surface area contributed by atoms with Gasteiger partial charge in [0, 0.05) is 11.1 Å². The van der Waals surface area contributed by atoms with Gasteiger partial charge >= 0.3 is 6.01 Å². The van der Waals surface area contributed by atoms with Crippen LogP contribution >= 0.6 is 0 Å². The molecule has 0 spiro atoms. The number of benzene rings is 2. The number of carbonyl (C=O) groups excluding carboxylic acids is 1. The molecule has 4 rings (SSSR count). The van der Waals surface area contributed by atoms with Gasteiger partial charge in [-0.3, -0.25) is 10.1 Å². The Bertz CT molecular complexity index is 995. The van der Waals surface area contributed by atoms with Crippen molar-refractivity contribution in [3.05, 3.63) is 59.2 Å². The van der Waals surface area contributed by atoms with Crippen LogP contribution < -0.4 is 10.1 Å². The van der Waals surface area contributed by atoms with Gasteiger partial charge in [-0.1, -0.05) is 30.9 Å². The number of nitrogens with one attached hydrogen (secondary N) is 1. The Kier molecular flexibility index (Phi) is 6.42. The fourth-order valence-electron chi connectivity index (χ4n) is 3.67. The Balaban J connectivity index is 1.37. The van der Waals surface area contributed by atoms with E-state index in [0.29, 0.717) is 18.1 Å². The van der Waals surface area contributed by atoms with Crippen LogP contribution in [0.25, 0.3) is 11.5 Å². The SMILES string of the molecule is CCCCCOc1ccc(C(=O)Nc2nnc(-c3ccc4c(c3)CCCC4)o2)cc1. The van der Waals surface area contributed by atoms with Crippen molar-refractivity contribution in [1.82, 2.24) is 10.2 Å². The van der Waals surface area contributed by atoms with Crippen LogP contribution in [0, 0.1) is 0 Å². The molecule has 0 fully saturated rings. The topological polar surface area (TPSA) is 77.2 Å². The second kappa shape index (κ2) is 9.57. The third-order valence-corrected chi connectivity index (χ3v) is 5.37. The summed E-state index contributed by atoms with van der Waals surface area (Å²) in [5.41, 5.74) is 4.13. The third kappa shape index (κ3) is 4.87. The van der Waals surface area contributed by atoms with Crippen molar-refractivity contribution in [2.45, 2.75) is 51.9 Å². The van der Waals surface area contributed by atoms with Crippen molar-refractivity contribution < 1.29 is 13.9 Å². The number of rotatable bonds is 8. The second-order valence-electron chi connectivity index (χ2n) is 7.64. The molecular formula is C24H27N3O3. The minimum Gasteiger partial charge on any atom is -0.494 e. The summed E-state index contributed by atoms with van der Waals surface area (Å²) < 4.78 is 11.4. The molecule has 1 aromatic heterocycles. The number of aryl methyl sites for hydroxylation is 2. The van der Waals surface area contributed by atoms with E-state index in [0.717, 1.165) is 43.4 Å². The maximum Gasteiger partial charge on any atom is 0.322 e. The quantitative estimate of drug-likeness (QED) is 0.505. The first-order valence-corrected chi connectivity index (χ1v) is 10.7. The molecule has 0 saturated carbocycles. The van der Waals surface area contributed by atoms with E-state index in [1.54, 1.807) is 24.3 Å². The van der Waals surface area contributed by atoms with Crippen molar-refractivity contribution in [1.29, 1.82) is 0 Å². The van der Waals surface area contributed by atoms with Crippen molar-refractivity contribution in [2.24, 2.45) is 0 Å². The van der Waals surface area contributed by atoms with Crippen LogP contribution in [-0.4, -0.2) is 22.7 Å². The van der Waals surface area contributed by atoms with Crippen LogP contribution in [0.15, 0.2) is 46.9 Å². The molecule has 1 aliphatic rings. The van der Waals surface area contributed by atoms with E-state index in [-0.39, 0.29) is 11.9 Å². The normalized spacial score (nSPS) is 13.0. The van der Waals surface area contributed by atoms with Crippen LogP contribution in [0.4, 0.5) is 6.01 Å². The number of nitrogens with zero attached hydrogens (tertiary/aromatic N) is 2. The van der Waals surface area contributed by atoms with E-state index in [1.165, 1.54) is 24.0 Å². The van der Waals surface area contributed by atoms with Gasteiger partial charge in [0.2, 0.25) is 5.89 Å². The zero-order valence-corrected chi connectivity index (χ0v) is 17.3. The first-order valence-electron chi connectivity index (χ1n) is 10.7. The standard InChI is InChI=1S/C24H27N3O3/c1-2-3-6-15-29-21-13-11-18(12-14-21)22(28)25-24-27-26-23(30-24)20-10-9-17-7-4-5-8-19(17)16-20/h9-14,16H,2-8,15H2,1H3,(H,25,27,28). The van der Waals surface area contributed by atoms with E-state index in [2.05, 4.69) is 34.6 Å². The Morgan fingerprint density at radius 3 is 2.63 bits per heavy atom. The van der Waals surface area contributed by atoms with E-state index in [4.69, 9.17) is 9.15 Å². The molecule has 0 radical (unpaired) electrons. The molecule has 1 aliphatic carbocycles. The smallest absolute Gasteiger partial charge is 0.322 e. The molecular weight excluding hydrogens is 378 g/mol. The molecule has 1 heterocycles. The fourth-order valence-corrected chi connectivity index (χ4v) is 3.67. The Morgan fingerprint density at radius 2 is 1.83 bits per heavy atom. The first-order chi connectivity index (χ1) is 14.7. The molecule has 2 aromatic carbocycles. The second-order valence-corrected chi connectivity index (χ2v) is 7.64.